The van der Waals surface area contributed by atoms with Gasteiger partial charge in [0.15, 0.2) is 5.60 Å². The standard InChI is InChI=1S/C27H40O4Si/c1-19(2)26(20(3)4)27(28-8,31-30-26)23-16-22(21-14-12-11-13-15-21)17-24(18-23)29-32(9,10)25(5,6)7/h11-20H,1-10H3. The monoisotopic (exact) mass is 456 g/mol. The van der Waals surface area contributed by atoms with Crippen LogP contribution in [0.3, 0.4) is 0 Å². The summed E-state index contributed by atoms with van der Waals surface area (Å²) >= 11 is 0. The molecule has 0 radical (unpaired) electrons. The third-order valence-electron chi connectivity index (χ3n) is 7.39. The molecule has 4 nitrogen and oxygen atoms in total. The molecule has 0 N–H and O–H groups in total. The third-order valence-corrected chi connectivity index (χ3v) is 11.7. The quantitative estimate of drug-likeness (QED) is 0.318. The van der Waals surface area contributed by atoms with Crippen molar-refractivity contribution < 1.29 is 18.9 Å². The zero-order chi connectivity index (χ0) is 23.9. The van der Waals surface area contributed by atoms with E-state index in [1.54, 1.807) is 7.11 Å². The van der Waals surface area contributed by atoms with Crippen molar-refractivity contribution in [1.82, 2.24) is 0 Å². The van der Waals surface area contributed by atoms with Gasteiger partial charge in [0, 0.05) is 12.7 Å². The van der Waals surface area contributed by atoms with Crippen LogP contribution in [0.2, 0.25) is 18.1 Å². The van der Waals surface area contributed by atoms with Crippen LogP contribution >= 0.6 is 0 Å². The predicted molar refractivity (Wildman–Crippen MR) is 133 cm³/mol. The molecule has 0 bridgehead atoms. The smallest absolute Gasteiger partial charge is 0.260 e. The molecule has 1 heterocycles. The van der Waals surface area contributed by atoms with Crippen LogP contribution in [0.15, 0.2) is 48.5 Å². The Bertz CT molecular complexity index is 918. The topological polar surface area (TPSA) is 36.9 Å². The van der Waals surface area contributed by atoms with E-state index >= 15 is 0 Å². The van der Waals surface area contributed by atoms with Gasteiger partial charge in [-0.05, 0) is 59.3 Å². The van der Waals surface area contributed by atoms with Gasteiger partial charge in [0.1, 0.15) is 5.75 Å². The van der Waals surface area contributed by atoms with Crippen LogP contribution in [0.4, 0.5) is 0 Å². The molecular formula is C27H40O4Si. The van der Waals surface area contributed by atoms with E-state index in [0.717, 1.165) is 22.4 Å². The summed E-state index contributed by atoms with van der Waals surface area (Å²) < 4.78 is 12.9. The number of ether oxygens (including phenoxy) is 1. The first-order valence-electron chi connectivity index (χ1n) is 11.6. The SMILES string of the molecule is COC1(c2cc(O[Si](C)(C)C(C)(C)C)cc(-c3ccccc3)c2)OOC1(C(C)C)C(C)C. The van der Waals surface area contributed by atoms with Crippen molar-refractivity contribution in [3.05, 3.63) is 54.1 Å². The van der Waals surface area contributed by atoms with Crippen molar-refractivity contribution in [2.24, 2.45) is 11.8 Å². The van der Waals surface area contributed by atoms with Gasteiger partial charge in [-0.3, -0.25) is 0 Å². The molecule has 1 atom stereocenters. The van der Waals surface area contributed by atoms with Gasteiger partial charge in [-0.2, -0.15) is 4.89 Å². The lowest BCUT2D eigenvalue weighted by Crippen LogP contribution is -2.70. The average molecular weight is 457 g/mol. The van der Waals surface area contributed by atoms with Gasteiger partial charge < -0.3 is 9.16 Å². The van der Waals surface area contributed by atoms with Crippen molar-refractivity contribution in [2.75, 3.05) is 7.11 Å². The molecule has 5 heteroatoms. The minimum Gasteiger partial charge on any atom is -0.543 e. The Morgan fingerprint density at radius 2 is 1.44 bits per heavy atom. The molecular weight excluding hydrogens is 416 g/mol. The summed E-state index contributed by atoms with van der Waals surface area (Å²) in [5.41, 5.74) is 2.51. The fourth-order valence-electron chi connectivity index (χ4n) is 4.51. The molecule has 0 amide bonds. The van der Waals surface area contributed by atoms with Crippen LogP contribution in [0.25, 0.3) is 11.1 Å². The van der Waals surface area contributed by atoms with Crippen LogP contribution in [0, 0.1) is 11.8 Å². The molecule has 1 fully saturated rings. The number of methoxy groups -OCH3 is 1. The lowest BCUT2D eigenvalue weighted by molar-refractivity contribution is -0.634. The van der Waals surface area contributed by atoms with Gasteiger partial charge in [0.25, 0.3) is 5.79 Å². The molecule has 2 aromatic carbocycles. The minimum atomic E-state index is -2.05. The van der Waals surface area contributed by atoms with Crippen molar-refractivity contribution in [3.63, 3.8) is 0 Å². The van der Waals surface area contributed by atoms with E-state index in [1.165, 1.54) is 0 Å². The Kier molecular flexibility index (Phi) is 6.71. The number of rotatable bonds is 7. The summed E-state index contributed by atoms with van der Waals surface area (Å²) in [7, 11) is -0.346. The van der Waals surface area contributed by atoms with Gasteiger partial charge in [-0.1, -0.05) is 78.8 Å². The normalized spacial score (nSPS) is 21.0. The summed E-state index contributed by atoms with van der Waals surface area (Å²) in [6.07, 6.45) is 0. The average Bonchev–Trinajstić information content (AvgIpc) is 2.67. The Labute approximate surface area is 195 Å². The van der Waals surface area contributed by atoms with E-state index < -0.39 is 19.7 Å². The molecule has 1 saturated heterocycles. The zero-order valence-corrected chi connectivity index (χ0v) is 22.4. The van der Waals surface area contributed by atoms with Crippen LogP contribution < -0.4 is 4.43 Å². The number of hydrogen-bond acceptors (Lipinski definition) is 4. The van der Waals surface area contributed by atoms with Crippen LogP contribution in [0.1, 0.15) is 54.0 Å². The lowest BCUT2D eigenvalue weighted by Gasteiger charge is -2.59. The number of benzene rings is 2. The first-order valence-corrected chi connectivity index (χ1v) is 14.5. The first kappa shape index (κ1) is 25.0. The van der Waals surface area contributed by atoms with Crippen molar-refractivity contribution in [2.45, 2.75) is 78.0 Å². The molecule has 0 aliphatic carbocycles. The van der Waals surface area contributed by atoms with Crippen LogP contribution in [-0.2, 0) is 20.3 Å². The highest BCUT2D eigenvalue weighted by Crippen LogP contribution is 2.57. The second kappa shape index (κ2) is 8.60. The van der Waals surface area contributed by atoms with Crippen molar-refractivity contribution in [3.8, 4) is 16.9 Å². The van der Waals surface area contributed by atoms with Gasteiger partial charge in [-0.15, -0.1) is 0 Å². The summed E-state index contributed by atoms with van der Waals surface area (Å²) in [5.74, 6) is 0.204. The third kappa shape index (κ3) is 3.94. The van der Waals surface area contributed by atoms with Crippen molar-refractivity contribution in [1.29, 1.82) is 0 Å². The van der Waals surface area contributed by atoms with Crippen molar-refractivity contribution >= 4 is 8.32 Å². The van der Waals surface area contributed by atoms with E-state index in [2.05, 4.69) is 104 Å². The molecule has 1 aliphatic rings. The maximum Gasteiger partial charge on any atom is 0.260 e. The number of hydrogen-bond donors (Lipinski definition) is 0. The molecule has 1 unspecified atom stereocenters. The fraction of sp³-hybridized carbons (Fsp3) is 0.556. The Balaban J connectivity index is 2.21. The second-order valence-corrected chi connectivity index (χ2v) is 15.8. The summed E-state index contributed by atoms with van der Waals surface area (Å²) in [5, 5.41) is 0.0879. The molecule has 176 valence electrons. The van der Waals surface area contributed by atoms with Gasteiger partial charge in [0.2, 0.25) is 8.32 Å². The lowest BCUT2D eigenvalue weighted by atomic mass is 9.70. The van der Waals surface area contributed by atoms with Gasteiger partial charge in [0.05, 0.1) is 0 Å². The van der Waals surface area contributed by atoms with E-state index in [0.29, 0.717) is 0 Å². The molecule has 2 aromatic rings. The Morgan fingerprint density at radius 3 is 1.88 bits per heavy atom. The van der Waals surface area contributed by atoms with E-state index in [1.807, 2.05) is 6.07 Å². The summed E-state index contributed by atoms with van der Waals surface area (Å²) in [6, 6.07) is 16.7. The van der Waals surface area contributed by atoms with E-state index in [-0.39, 0.29) is 16.9 Å². The van der Waals surface area contributed by atoms with Crippen LogP contribution in [-0.4, -0.2) is 21.0 Å². The molecule has 1 aliphatic heterocycles. The summed E-state index contributed by atoms with van der Waals surface area (Å²) in [6.45, 7) is 19.9. The second-order valence-electron chi connectivity index (χ2n) is 11.1. The van der Waals surface area contributed by atoms with E-state index in [4.69, 9.17) is 18.9 Å². The molecule has 32 heavy (non-hydrogen) atoms. The summed E-state index contributed by atoms with van der Waals surface area (Å²) in [4.78, 5) is 11.8. The highest BCUT2D eigenvalue weighted by molar-refractivity contribution is 6.74. The molecule has 0 saturated carbocycles. The highest BCUT2D eigenvalue weighted by atomic mass is 28.4. The predicted octanol–water partition coefficient (Wildman–Crippen LogP) is 7.55. The minimum absolute atomic E-state index is 0.0879. The van der Waals surface area contributed by atoms with Crippen LogP contribution in [0.5, 0.6) is 5.75 Å². The first-order chi connectivity index (χ1) is 14.8. The molecule has 0 spiro atoms. The van der Waals surface area contributed by atoms with Gasteiger partial charge in [-0.25, -0.2) is 4.89 Å². The fourth-order valence-corrected chi connectivity index (χ4v) is 5.52. The Morgan fingerprint density at radius 1 is 0.844 bits per heavy atom. The highest BCUT2D eigenvalue weighted by Gasteiger charge is 2.69. The molecule has 3 rings (SSSR count). The molecule has 0 aromatic heterocycles. The largest absolute Gasteiger partial charge is 0.543 e. The van der Waals surface area contributed by atoms with E-state index in [9.17, 15) is 0 Å². The maximum atomic E-state index is 6.75. The van der Waals surface area contributed by atoms with Gasteiger partial charge >= 0.3 is 0 Å². The Hall–Kier alpha value is -1.66. The zero-order valence-electron chi connectivity index (χ0n) is 21.4. The maximum absolute atomic E-state index is 6.75.